The zero-order valence-electron chi connectivity index (χ0n) is 14.8. The average molecular weight is 346 g/mol. The zero-order chi connectivity index (χ0) is 18.0. The fraction of sp³-hybridized carbons (Fsp3) is 0.889. The minimum absolute atomic E-state index is 0.164. The Morgan fingerprint density at radius 2 is 1.38 bits per heavy atom. The molecule has 0 spiro atoms. The number of rotatable bonds is 17. The van der Waals surface area contributed by atoms with Crippen molar-refractivity contribution in [3.8, 4) is 0 Å². The van der Waals surface area contributed by atoms with Crippen LogP contribution in [0, 0.1) is 0 Å². The molecule has 0 amide bonds. The molecule has 0 rings (SSSR count). The van der Waals surface area contributed by atoms with Crippen LogP contribution < -0.4 is 0 Å². The van der Waals surface area contributed by atoms with Gasteiger partial charge in [0.25, 0.3) is 0 Å². The highest BCUT2D eigenvalue weighted by Gasteiger charge is 2.06. The van der Waals surface area contributed by atoms with Crippen LogP contribution >= 0.6 is 0 Å². The Hall–Kier alpha value is -1.14. The number of esters is 1. The minimum Gasteiger partial charge on any atom is -0.481 e. The van der Waals surface area contributed by atoms with E-state index in [4.69, 9.17) is 14.9 Å². The van der Waals surface area contributed by atoms with Gasteiger partial charge < -0.3 is 20.1 Å². The number of hydrogen-bond donors (Lipinski definition) is 3. The Kier molecular flexibility index (Phi) is 15.9. The Morgan fingerprint density at radius 3 is 2.04 bits per heavy atom. The lowest BCUT2D eigenvalue weighted by Crippen LogP contribution is -2.08. The normalized spacial score (nSPS) is 12.1. The van der Waals surface area contributed by atoms with E-state index in [9.17, 15) is 14.7 Å². The lowest BCUT2D eigenvalue weighted by molar-refractivity contribution is -0.144. The number of aliphatic hydroxyl groups is 2. The first-order valence-electron chi connectivity index (χ1n) is 9.22. The van der Waals surface area contributed by atoms with Gasteiger partial charge in [0.15, 0.2) is 0 Å². The molecule has 1 atom stereocenters. The fourth-order valence-corrected chi connectivity index (χ4v) is 2.45. The number of unbranched alkanes of at least 4 members (excludes halogenated alkanes) is 6. The summed E-state index contributed by atoms with van der Waals surface area (Å²) < 4.78 is 5.09. The van der Waals surface area contributed by atoms with Crippen LogP contribution in [0.2, 0.25) is 0 Å². The van der Waals surface area contributed by atoms with Crippen LogP contribution in [-0.2, 0) is 14.3 Å². The highest BCUT2D eigenvalue weighted by molar-refractivity contribution is 5.69. The summed E-state index contributed by atoms with van der Waals surface area (Å²) in [5, 5.41) is 27.0. The number of carboxylic acid groups (broad SMARTS) is 1. The van der Waals surface area contributed by atoms with Crippen LogP contribution in [-0.4, -0.2) is 46.6 Å². The van der Waals surface area contributed by atoms with E-state index in [1.54, 1.807) is 0 Å². The van der Waals surface area contributed by atoms with Crippen molar-refractivity contribution in [2.45, 2.75) is 89.6 Å². The van der Waals surface area contributed by atoms with Gasteiger partial charge in [0.2, 0.25) is 0 Å². The molecule has 142 valence electrons. The molecule has 0 saturated carbocycles. The van der Waals surface area contributed by atoms with Crippen molar-refractivity contribution in [3.05, 3.63) is 0 Å². The maximum Gasteiger partial charge on any atom is 0.305 e. The first kappa shape index (κ1) is 22.9. The van der Waals surface area contributed by atoms with E-state index in [2.05, 4.69) is 0 Å². The molecule has 1 unspecified atom stereocenters. The van der Waals surface area contributed by atoms with Crippen molar-refractivity contribution in [3.63, 3.8) is 0 Å². The summed E-state index contributed by atoms with van der Waals surface area (Å²) in [7, 11) is 0. The lowest BCUT2D eigenvalue weighted by atomic mass is 10.0. The summed E-state index contributed by atoms with van der Waals surface area (Å²) in [4.78, 5) is 21.8. The number of carboxylic acids is 1. The third kappa shape index (κ3) is 17.2. The van der Waals surface area contributed by atoms with Gasteiger partial charge in [-0.05, 0) is 44.9 Å². The summed E-state index contributed by atoms with van der Waals surface area (Å²) in [5.74, 6) is -1.01. The number of hydrogen-bond acceptors (Lipinski definition) is 5. The van der Waals surface area contributed by atoms with E-state index in [1.165, 1.54) is 0 Å². The number of carbonyl (C=O) groups is 2. The third-order valence-corrected chi connectivity index (χ3v) is 3.91. The highest BCUT2D eigenvalue weighted by atomic mass is 16.5. The largest absolute Gasteiger partial charge is 0.481 e. The minimum atomic E-state index is -0.792. The molecule has 0 radical (unpaired) electrons. The van der Waals surface area contributed by atoms with Crippen molar-refractivity contribution in [2.24, 2.45) is 0 Å². The second-order valence-electron chi connectivity index (χ2n) is 6.25. The summed E-state index contributed by atoms with van der Waals surface area (Å²) in [6, 6.07) is 0. The van der Waals surface area contributed by atoms with E-state index in [1.807, 2.05) is 0 Å². The molecule has 0 bridgehead atoms. The summed E-state index contributed by atoms with van der Waals surface area (Å²) in [6.07, 6.45) is 9.19. The fourth-order valence-electron chi connectivity index (χ4n) is 2.45. The first-order chi connectivity index (χ1) is 11.6. The number of carbonyl (C=O) groups excluding carboxylic acids is 1. The summed E-state index contributed by atoms with van der Waals surface area (Å²) in [6.45, 7) is 0.593. The van der Waals surface area contributed by atoms with Gasteiger partial charge in [0.1, 0.15) is 0 Å². The summed E-state index contributed by atoms with van der Waals surface area (Å²) in [5.41, 5.74) is 0. The molecule has 0 heterocycles. The predicted octanol–water partition coefficient (Wildman–Crippen LogP) is 3.04. The Bertz CT molecular complexity index is 319. The Labute approximate surface area is 145 Å². The van der Waals surface area contributed by atoms with Crippen molar-refractivity contribution < 1.29 is 29.6 Å². The van der Waals surface area contributed by atoms with Gasteiger partial charge in [-0.25, -0.2) is 0 Å². The molecular formula is C18H34O6. The average Bonchev–Trinajstić information content (AvgIpc) is 2.54. The van der Waals surface area contributed by atoms with Crippen LogP contribution in [0.25, 0.3) is 0 Å². The molecule has 0 aliphatic rings. The van der Waals surface area contributed by atoms with Gasteiger partial charge in [-0.3, -0.25) is 9.59 Å². The van der Waals surface area contributed by atoms with Gasteiger partial charge >= 0.3 is 11.9 Å². The maximum absolute atomic E-state index is 11.5. The molecule has 24 heavy (non-hydrogen) atoms. The molecule has 6 nitrogen and oxygen atoms in total. The second-order valence-corrected chi connectivity index (χ2v) is 6.25. The third-order valence-electron chi connectivity index (χ3n) is 3.91. The first-order valence-corrected chi connectivity index (χ1v) is 9.22. The van der Waals surface area contributed by atoms with Gasteiger partial charge in [-0.15, -0.1) is 0 Å². The van der Waals surface area contributed by atoms with Crippen LogP contribution in [0.3, 0.4) is 0 Å². The quantitative estimate of drug-likeness (QED) is 0.276. The number of ether oxygens (including phenoxy) is 1. The molecule has 0 aliphatic heterocycles. The SMILES string of the molecule is O=C(O)CCCCCOC(=O)CCCCC(O)CCCCCCO. The molecule has 0 aromatic heterocycles. The van der Waals surface area contributed by atoms with Crippen LogP contribution in [0.4, 0.5) is 0 Å². The standard InChI is InChI=1S/C18H34O6/c19-14-8-2-1-4-10-16(20)11-6-7-13-18(23)24-15-9-3-5-12-17(21)22/h16,19-20H,1-15H2,(H,21,22). The van der Waals surface area contributed by atoms with Crippen LogP contribution in [0.5, 0.6) is 0 Å². The lowest BCUT2D eigenvalue weighted by Gasteiger charge is -2.10. The molecule has 0 fully saturated rings. The van der Waals surface area contributed by atoms with E-state index in [0.717, 1.165) is 51.4 Å². The molecule has 0 saturated heterocycles. The van der Waals surface area contributed by atoms with E-state index >= 15 is 0 Å². The molecule has 3 N–H and O–H groups in total. The molecule has 0 aromatic carbocycles. The van der Waals surface area contributed by atoms with Gasteiger partial charge in [0.05, 0.1) is 12.7 Å². The zero-order valence-corrected chi connectivity index (χ0v) is 14.8. The Morgan fingerprint density at radius 1 is 0.792 bits per heavy atom. The molecule has 0 aliphatic carbocycles. The molecule has 0 aromatic rings. The van der Waals surface area contributed by atoms with Crippen molar-refractivity contribution in [1.82, 2.24) is 0 Å². The monoisotopic (exact) mass is 346 g/mol. The van der Waals surface area contributed by atoms with Gasteiger partial charge in [0, 0.05) is 19.4 Å². The number of aliphatic hydroxyl groups excluding tert-OH is 2. The molecule has 6 heteroatoms. The smallest absolute Gasteiger partial charge is 0.305 e. The van der Waals surface area contributed by atoms with Gasteiger partial charge in [-0.2, -0.15) is 0 Å². The topological polar surface area (TPSA) is 104 Å². The van der Waals surface area contributed by atoms with Crippen LogP contribution in [0.15, 0.2) is 0 Å². The Balaban J connectivity index is 3.34. The van der Waals surface area contributed by atoms with E-state index in [-0.39, 0.29) is 25.1 Å². The van der Waals surface area contributed by atoms with Crippen molar-refractivity contribution in [1.29, 1.82) is 0 Å². The number of aliphatic carboxylic acids is 1. The van der Waals surface area contributed by atoms with Crippen molar-refractivity contribution in [2.75, 3.05) is 13.2 Å². The highest BCUT2D eigenvalue weighted by Crippen LogP contribution is 2.12. The van der Waals surface area contributed by atoms with Crippen molar-refractivity contribution >= 4 is 11.9 Å². The molecular weight excluding hydrogens is 312 g/mol. The second kappa shape index (κ2) is 16.7. The predicted molar refractivity (Wildman–Crippen MR) is 91.7 cm³/mol. The van der Waals surface area contributed by atoms with E-state index in [0.29, 0.717) is 32.3 Å². The van der Waals surface area contributed by atoms with Gasteiger partial charge in [-0.1, -0.05) is 25.7 Å². The van der Waals surface area contributed by atoms with Crippen LogP contribution in [0.1, 0.15) is 83.5 Å². The maximum atomic E-state index is 11.5. The van der Waals surface area contributed by atoms with E-state index < -0.39 is 5.97 Å². The summed E-state index contributed by atoms with van der Waals surface area (Å²) >= 11 is 0.